The van der Waals surface area contributed by atoms with Crippen molar-refractivity contribution in [1.29, 1.82) is 0 Å². The first-order chi connectivity index (χ1) is 13.3. The number of aryl methyl sites for hydroxylation is 2. The highest BCUT2D eigenvalue weighted by Crippen LogP contribution is 2.46. The lowest BCUT2D eigenvalue weighted by atomic mass is 9.63. The summed E-state index contributed by atoms with van der Waals surface area (Å²) in [6, 6.07) is 3.95. The van der Waals surface area contributed by atoms with Crippen molar-refractivity contribution in [3.8, 4) is 11.8 Å². The molecule has 3 rings (SSSR count). The van der Waals surface area contributed by atoms with E-state index in [1.165, 1.54) is 0 Å². The van der Waals surface area contributed by atoms with Gasteiger partial charge in [0.25, 0.3) is 0 Å². The van der Waals surface area contributed by atoms with Crippen molar-refractivity contribution in [3.63, 3.8) is 0 Å². The van der Waals surface area contributed by atoms with Crippen LogP contribution in [0.25, 0.3) is 0 Å². The highest BCUT2D eigenvalue weighted by Gasteiger charge is 2.47. The summed E-state index contributed by atoms with van der Waals surface area (Å²) in [6.45, 7) is 9.05. The zero-order valence-corrected chi connectivity index (χ0v) is 18.1. The van der Waals surface area contributed by atoms with Gasteiger partial charge in [-0.15, -0.1) is 5.92 Å². The van der Waals surface area contributed by atoms with E-state index >= 15 is 0 Å². The van der Waals surface area contributed by atoms with Crippen LogP contribution in [0.3, 0.4) is 0 Å². The quantitative estimate of drug-likeness (QED) is 0.578. The van der Waals surface area contributed by atoms with Crippen LogP contribution in [0.1, 0.15) is 67.7 Å². The number of hydrogen-bond donors (Lipinski definition) is 0. The molecule has 1 spiro atoms. The molecule has 0 N–H and O–H groups in total. The molecule has 5 heteroatoms. The minimum Gasteiger partial charge on any atom is -0.299 e. The van der Waals surface area contributed by atoms with E-state index in [1.54, 1.807) is 6.92 Å². The SMILES string of the molecule is CC#Cc1cc(C)c(C2C(=O)CC3(CCN(S(=O)CC)CC3)CC2=O)c(C)c1. The van der Waals surface area contributed by atoms with Crippen molar-refractivity contribution in [3.05, 3.63) is 34.4 Å². The summed E-state index contributed by atoms with van der Waals surface area (Å²) in [6.07, 6.45) is 2.44. The van der Waals surface area contributed by atoms with Gasteiger partial charge in [-0.05, 0) is 67.9 Å². The van der Waals surface area contributed by atoms with E-state index in [9.17, 15) is 13.8 Å². The van der Waals surface area contributed by atoms with Gasteiger partial charge in [0.2, 0.25) is 0 Å². The van der Waals surface area contributed by atoms with Gasteiger partial charge < -0.3 is 0 Å². The fourth-order valence-corrected chi connectivity index (χ4v) is 5.81. The summed E-state index contributed by atoms with van der Waals surface area (Å²) < 4.78 is 14.0. The molecule has 2 fully saturated rings. The van der Waals surface area contributed by atoms with E-state index in [4.69, 9.17) is 0 Å². The summed E-state index contributed by atoms with van der Waals surface area (Å²) >= 11 is 0. The smallest absolute Gasteiger partial charge is 0.148 e. The van der Waals surface area contributed by atoms with Crippen LogP contribution in [-0.2, 0) is 20.6 Å². The first kappa shape index (κ1) is 21.0. The third kappa shape index (κ3) is 3.99. The number of ketones is 2. The van der Waals surface area contributed by atoms with Crippen LogP contribution >= 0.6 is 0 Å². The van der Waals surface area contributed by atoms with E-state index in [1.807, 2.05) is 37.2 Å². The molecule has 1 saturated heterocycles. The van der Waals surface area contributed by atoms with Crippen LogP contribution in [0.5, 0.6) is 0 Å². The topological polar surface area (TPSA) is 54.5 Å². The normalized spacial score (nSPS) is 21.4. The average molecular weight is 400 g/mol. The first-order valence-corrected chi connectivity index (χ1v) is 11.3. The monoisotopic (exact) mass is 399 g/mol. The molecule has 0 bridgehead atoms. The van der Waals surface area contributed by atoms with Crippen molar-refractivity contribution in [2.75, 3.05) is 18.8 Å². The van der Waals surface area contributed by atoms with Crippen LogP contribution in [0, 0.1) is 31.1 Å². The molecule has 0 radical (unpaired) electrons. The minimum atomic E-state index is -0.947. The molecule has 1 unspecified atom stereocenters. The van der Waals surface area contributed by atoms with Crippen LogP contribution in [0.15, 0.2) is 12.1 Å². The second-order valence-corrected chi connectivity index (χ2v) is 9.89. The van der Waals surface area contributed by atoms with Crippen molar-refractivity contribution in [2.45, 2.75) is 59.3 Å². The van der Waals surface area contributed by atoms with Gasteiger partial charge in [0.1, 0.15) is 17.5 Å². The van der Waals surface area contributed by atoms with Crippen molar-refractivity contribution in [2.24, 2.45) is 5.41 Å². The van der Waals surface area contributed by atoms with Crippen molar-refractivity contribution < 1.29 is 13.8 Å². The van der Waals surface area contributed by atoms with E-state index in [0.717, 1.165) is 35.1 Å². The van der Waals surface area contributed by atoms with Gasteiger partial charge in [0.15, 0.2) is 0 Å². The first-order valence-electron chi connectivity index (χ1n) is 10.0. The number of carbonyl (C=O) groups excluding carboxylic acids is 2. The molecule has 28 heavy (non-hydrogen) atoms. The predicted octanol–water partition coefficient (Wildman–Crippen LogP) is 3.46. The van der Waals surface area contributed by atoms with Crippen molar-refractivity contribution >= 4 is 22.6 Å². The van der Waals surface area contributed by atoms with Gasteiger partial charge in [0, 0.05) is 37.2 Å². The zero-order valence-electron chi connectivity index (χ0n) is 17.3. The Morgan fingerprint density at radius 3 is 2.11 bits per heavy atom. The Hall–Kier alpha value is -1.77. The molecule has 2 aliphatic rings. The largest absolute Gasteiger partial charge is 0.299 e. The van der Waals surface area contributed by atoms with E-state index in [2.05, 4.69) is 11.8 Å². The van der Waals surface area contributed by atoms with Crippen LogP contribution in [0.2, 0.25) is 0 Å². The number of carbonyl (C=O) groups is 2. The number of Topliss-reactive ketones (excluding diaryl/α,β-unsaturated/α-hetero) is 2. The van der Waals surface area contributed by atoms with Gasteiger partial charge in [-0.25, -0.2) is 8.51 Å². The molecule has 1 saturated carbocycles. The maximum absolute atomic E-state index is 13.1. The predicted molar refractivity (Wildman–Crippen MR) is 112 cm³/mol. The fourth-order valence-electron chi connectivity index (χ4n) is 4.85. The van der Waals surface area contributed by atoms with Crippen LogP contribution in [0.4, 0.5) is 0 Å². The lowest BCUT2D eigenvalue weighted by Gasteiger charge is -2.44. The van der Waals surface area contributed by atoms with Gasteiger partial charge in [-0.3, -0.25) is 9.59 Å². The lowest BCUT2D eigenvalue weighted by molar-refractivity contribution is -0.138. The van der Waals surface area contributed by atoms with Crippen LogP contribution in [-0.4, -0.2) is 38.9 Å². The summed E-state index contributed by atoms with van der Waals surface area (Å²) in [7, 11) is -0.947. The maximum Gasteiger partial charge on any atom is 0.148 e. The molecule has 1 aliphatic carbocycles. The molecule has 4 nitrogen and oxygen atoms in total. The highest BCUT2D eigenvalue weighted by molar-refractivity contribution is 7.82. The Bertz CT molecular complexity index is 842. The summed E-state index contributed by atoms with van der Waals surface area (Å²) in [5.41, 5.74) is 3.48. The number of rotatable bonds is 3. The van der Waals surface area contributed by atoms with E-state index in [-0.39, 0.29) is 17.0 Å². The van der Waals surface area contributed by atoms with Crippen molar-refractivity contribution in [1.82, 2.24) is 4.31 Å². The Labute approximate surface area is 170 Å². The molecule has 1 atom stereocenters. The second kappa shape index (κ2) is 8.31. The van der Waals surface area contributed by atoms with E-state index < -0.39 is 16.9 Å². The average Bonchev–Trinajstić information content (AvgIpc) is 2.63. The summed E-state index contributed by atoms with van der Waals surface area (Å²) in [5.74, 6) is 6.02. The summed E-state index contributed by atoms with van der Waals surface area (Å²) in [5, 5.41) is 0. The number of benzene rings is 1. The standard InChI is InChI=1S/C23H29NO3S/c1-5-7-18-12-16(3)21(17(4)13-18)22-19(25)14-23(15-20(22)26)8-10-24(11-9-23)28(27)6-2/h12-13,22H,6,8-11,14-15H2,1-4H3. The molecule has 0 aromatic heterocycles. The molecular weight excluding hydrogens is 370 g/mol. The molecule has 1 heterocycles. The van der Waals surface area contributed by atoms with Gasteiger partial charge >= 0.3 is 0 Å². The lowest BCUT2D eigenvalue weighted by Crippen LogP contribution is -2.47. The third-order valence-corrected chi connectivity index (χ3v) is 7.65. The molecule has 150 valence electrons. The Morgan fingerprint density at radius 1 is 1.11 bits per heavy atom. The second-order valence-electron chi connectivity index (χ2n) is 8.16. The molecule has 0 amide bonds. The molecule has 1 aromatic rings. The summed E-state index contributed by atoms with van der Waals surface area (Å²) in [4.78, 5) is 26.3. The Balaban J connectivity index is 1.82. The Morgan fingerprint density at radius 2 is 1.64 bits per heavy atom. The van der Waals surface area contributed by atoms with Crippen LogP contribution < -0.4 is 0 Å². The molecular formula is C23H29NO3S. The maximum atomic E-state index is 13.1. The zero-order chi connectivity index (χ0) is 20.5. The third-order valence-electron chi connectivity index (χ3n) is 6.21. The fraction of sp³-hybridized carbons (Fsp3) is 0.565. The molecule has 1 aromatic carbocycles. The van der Waals surface area contributed by atoms with Gasteiger partial charge in [-0.1, -0.05) is 12.8 Å². The Kier molecular flexibility index (Phi) is 6.21. The van der Waals surface area contributed by atoms with E-state index in [0.29, 0.717) is 31.7 Å². The number of hydrogen-bond acceptors (Lipinski definition) is 3. The minimum absolute atomic E-state index is 0.0434. The van der Waals surface area contributed by atoms with Gasteiger partial charge in [0.05, 0.1) is 11.0 Å². The number of piperidine rings is 1. The molecule has 1 aliphatic heterocycles. The number of nitrogens with zero attached hydrogens (tertiary/aromatic N) is 1. The highest BCUT2D eigenvalue weighted by atomic mass is 32.2. The van der Waals surface area contributed by atoms with Gasteiger partial charge in [-0.2, -0.15) is 0 Å².